The zero-order valence-electron chi connectivity index (χ0n) is 18.4. The molecule has 11 heteroatoms. The van der Waals surface area contributed by atoms with Crippen molar-refractivity contribution in [3.63, 3.8) is 0 Å². The lowest BCUT2D eigenvalue weighted by Crippen LogP contribution is -2.47. The van der Waals surface area contributed by atoms with Crippen LogP contribution in [-0.2, 0) is 36.6 Å². The maximum Gasteiger partial charge on any atom is 0.511 e. The van der Waals surface area contributed by atoms with Gasteiger partial charge in [-0.1, -0.05) is 54.1 Å². The standard InChI is InChI=1S/C23H24ClF3N4O2S/c1-29-13-19(28-16-29)14-31-20(11-10-17-6-3-2-4-7-17)15-30(34(32,33)23(25,26)27)12-18-8-5-9-21(24)22(18)31/h2-9,13,16,20H,10-12,14-15H2,1H3/t20-/m0/s1. The van der Waals surface area contributed by atoms with Gasteiger partial charge in [-0.2, -0.15) is 17.5 Å². The van der Waals surface area contributed by atoms with Crippen LogP contribution in [-0.4, -0.2) is 40.4 Å². The Balaban J connectivity index is 1.78. The molecule has 0 unspecified atom stereocenters. The molecule has 0 fully saturated rings. The van der Waals surface area contributed by atoms with Crippen molar-refractivity contribution in [2.75, 3.05) is 11.4 Å². The molecule has 1 aliphatic heterocycles. The van der Waals surface area contributed by atoms with Crippen LogP contribution >= 0.6 is 11.6 Å². The lowest BCUT2D eigenvalue weighted by Gasteiger charge is -2.34. The van der Waals surface area contributed by atoms with Crippen LogP contribution in [0.15, 0.2) is 61.1 Å². The molecular formula is C23H24ClF3N4O2S. The number of fused-ring (bicyclic) bond motifs is 1. The summed E-state index contributed by atoms with van der Waals surface area (Å²) in [6.07, 6.45) is 4.44. The Morgan fingerprint density at radius 2 is 1.85 bits per heavy atom. The van der Waals surface area contributed by atoms with Gasteiger partial charge in [0.05, 0.1) is 29.3 Å². The van der Waals surface area contributed by atoms with Crippen LogP contribution in [0.5, 0.6) is 0 Å². The molecule has 2 heterocycles. The fourth-order valence-electron chi connectivity index (χ4n) is 4.27. The highest BCUT2D eigenvalue weighted by Gasteiger charge is 2.51. The minimum atomic E-state index is -5.54. The first kappa shape index (κ1) is 24.6. The van der Waals surface area contributed by atoms with E-state index in [1.807, 2.05) is 48.5 Å². The van der Waals surface area contributed by atoms with Crippen LogP contribution in [0.4, 0.5) is 18.9 Å². The second-order valence-corrected chi connectivity index (χ2v) is 10.7. The molecule has 0 saturated carbocycles. The van der Waals surface area contributed by atoms with E-state index in [2.05, 4.69) is 4.98 Å². The number of alkyl halides is 3. The first-order valence-corrected chi connectivity index (χ1v) is 12.5. The van der Waals surface area contributed by atoms with E-state index in [0.29, 0.717) is 39.1 Å². The van der Waals surface area contributed by atoms with E-state index >= 15 is 0 Å². The molecule has 0 radical (unpaired) electrons. The van der Waals surface area contributed by atoms with E-state index in [0.717, 1.165) is 5.56 Å². The van der Waals surface area contributed by atoms with Crippen LogP contribution in [0.1, 0.15) is 23.2 Å². The quantitative estimate of drug-likeness (QED) is 0.478. The third-order valence-corrected chi connectivity index (χ3v) is 7.74. The van der Waals surface area contributed by atoms with Crippen molar-refractivity contribution in [3.8, 4) is 0 Å². The molecule has 1 atom stereocenters. The van der Waals surface area contributed by atoms with Crippen molar-refractivity contribution in [2.24, 2.45) is 7.05 Å². The van der Waals surface area contributed by atoms with Gasteiger partial charge in [0.1, 0.15) is 0 Å². The third kappa shape index (κ3) is 5.08. The maximum absolute atomic E-state index is 13.5. The molecule has 0 aliphatic carbocycles. The highest BCUT2D eigenvalue weighted by atomic mass is 35.5. The van der Waals surface area contributed by atoms with Gasteiger partial charge < -0.3 is 9.47 Å². The number of rotatable bonds is 6. The fraction of sp³-hybridized carbons (Fsp3) is 0.348. The van der Waals surface area contributed by atoms with Gasteiger partial charge in [-0.15, -0.1) is 0 Å². The predicted octanol–water partition coefficient (Wildman–Crippen LogP) is 4.75. The van der Waals surface area contributed by atoms with E-state index in [4.69, 9.17) is 11.6 Å². The molecule has 34 heavy (non-hydrogen) atoms. The van der Waals surface area contributed by atoms with Crippen LogP contribution in [0.25, 0.3) is 0 Å². The minimum Gasteiger partial charge on any atom is -0.360 e. The number of hydrogen-bond donors (Lipinski definition) is 0. The lowest BCUT2D eigenvalue weighted by atomic mass is 10.0. The number of imidazole rings is 1. The fourth-order valence-corrected chi connectivity index (χ4v) is 5.54. The average Bonchev–Trinajstić information content (AvgIpc) is 3.11. The summed E-state index contributed by atoms with van der Waals surface area (Å²) in [6.45, 7) is -0.470. The number of anilines is 1. The van der Waals surface area contributed by atoms with Crippen LogP contribution < -0.4 is 4.90 Å². The monoisotopic (exact) mass is 512 g/mol. The van der Waals surface area contributed by atoms with E-state index in [1.165, 1.54) is 0 Å². The smallest absolute Gasteiger partial charge is 0.360 e. The molecule has 0 amide bonds. The van der Waals surface area contributed by atoms with Gasteiger partial charge in [-0.3, -0.25) is 0 Å². The Labute approximate surface area is 201 Å². The lowest BCUT2D eigenvalue weighted by molar-refractivity contribution is -0.0492. The molecule has 0 saturated heterocycles. The predicted molar refractivity (Wildman–Crippen MR) is 125 cm³/mol. The second kappa shape index (κ2) is 9.59. The summed E-state index contributed by atoms with van der Waals surface area (Å²) >= 11 is 6.56. The highest BCUT2D eigenvalue weighted by Crippen LogP contribution is 2.39. The molecule has 6 nitrogen and oxygen atoms in total. The number of benzene rings is 2. The zero-order chi connectivity index (χ0) is 24.5. The molecule has 3 aromatic rings. The number of nitrogens with zero attached hydrogens (tertiary/aromatic N) is 4. The van der Waals surface area contributed by atoms with E-state index in [9.17, 15) is 21.6 Å². The average molecular weight is 513 g/mol. The van der Waals surface area contributed by atoms with Gasteiger partial charge in [0.15, 0.2) is 0 Å². The Kier molecular flexibility index (Phi) is 6.93. The largest absolute Gasteiger partial charge is 0.511 e. The molecule has 1 aliphatic rings. The minimum absolute atomic E-state index is 0.275. The summed E-state index contributed by atoms with van der Waals surface area (Å²) in [5.41, 5.74) is -2.74. The third-order valence-electron chi connectivity index (χ3n) is 5.89. The Hall–Kier alpha value is -2.56. The number of sulfonamides is 1. The summed E-state index contributed by atoms with van der Waals surface area (Å²) in [6, 6.07) is 13.9. The van der Waals surface area contributed by atoms with Gasteiger partial charge in [-0.25, -0.2) is 13.4 Å². The first-order valence-electron chi connectivity index (χ1n) is 10.7. The second-order valence-electron chi connectivity index (χ2n) is 8.33. The molecule has 2 aromatic carbocycles. The van der Waals surface area contributed by atoms with Crippen molar-refractivity contribution in [1.29, 1.82) is 0 Å². The summed E-state index contributed by atoms with van der Waals surface area (Å²) in [5, 5.41) is 0.351. The van der Waals surface area contributed by atoms with Crippen LogP contribution in [0.2, 0.25) is 5.02 Å². The van der Waals surface area contributed by atoms with Gasteiger partial charge in [0.2, 0.25) is 0 Å². The van der Waals surface area contributed by atoms with E-state index in [-0.39, 0.29) is 13.1 Å². The van der Waals surface area contributed by atoms with Gasteiger partial charge in [-0.05, 0) is 30.0 Å². The number of aromatic nitrogens is 2. The van der Waals surface area contributed by atoms with Crippen LogP contribution in [0, 0.1) is 0 Å². The van der Waals surface area contributed by atoms with Gasteiger partial charge in [0, 0.05) is 32.4 Å². The number of hydrogen-bond acceptors (Lipinski definition) is 4. The molecule has 1 aromatic heterocycles. The van der Waals surface area contributed by atoms with Crippen molar-refractivity contribution >= 4 is 27.3 Å². The summed E-state index contributed by atoms with van der Waals surface area (Å²) in [7, 11) is -3.72. The van der Waals surface area contributed by atoms with Crippen molar-refractivity contribution in [3.05, 3.63) is 82.9 Å². The maximum atomic E-state index is 13.5. The molecular weight excluding hydrogens is 489 g/mol. The van der Waals surface area contributed by atoms with E-state index in [1.54, 1.807) is 29.1 Å². The normalized spacial score (nSPS) is 17.4. The molecule has 182 valence electrons. The van der Waals surface area contributed by atoms with Crippen molar-refractivity contribution in [2.45, 2.75) is 37.5 Å². The Morgan fingerprint density at radius 1 is 1.12 bits per heavy atom. The molecule has 0 spiro atoms. The van der Waals surface area contributed by atoms with Crippen molar-refractivity contribution < 1.29 is 21.6 Å². The SMILES string of the molecule is Cn1cnc(CN2c3c(Cl)cccc3CN(S(=O)(=O)C(F)(F)F)C[C@@H]2CCc2ccccc2)c1. The van der Waals surface area contributed by atoms with Gasteiger partial charge in [0.25, 0.3) is 0 Å². The summed E-state index contributed by atoms with van der Waals surface area (Å²) < 4.78 is 67.9. The molecule has 0 bridgehead atoms. The molecule has 0 N–H and O–H groups in total. The zero-order valence-corrected chi connectivity index (χ0v) is 20.0. The number of aryl methyl sites for hydroxylation is 2. The van der Waals surface area contributed by atoms with Crippen molar-refractivity contribution in [1.82, 2.24) is 13.9 Å². The Bertz CT molecular complexity index is 1250. The van der Waals surface area contributed by atoms with E-state index < -0.39 is 28.1 Å². The number of para-hydroxylation sites is 1. The molecule has 4 rings (SSSR count). The van der Waals surface area contributed by atoms with Gasteiger partial charge >= 0.3 is 15.5 Å². The summed E-state index contributed by atoms with van der Waals surface area (Å²) in [4.78, 5) is 6.27. The Morgan fingerprint density at radius 3 is 2.50 bits per heavy atom. The summed E-state index contributed by atoms with van der Waals surface area (Å²) in [5.74, 6) is 0. The highest BCUT2D eigenvalue weighted by molar-refractivity contribution is 7.89. The number of halogens is 4. The van der Waals surface area contributed by atoms with Crippen LogP contribution in [0.3, 0.4) is 0 Å². The topological polar surface area (TPSA) is 58.4 Å². The first-order chi connectivity index (χ1) is 16.1.